The largest absolute Gasteiger partial charge is 0.322 e. The Balaban J connectivity index is 2.22. The van der Waals surface area contributed by atoms with Crippen LogP contribution in [0, 0.1) is 10.5 Å². The lowest BCUT2D eigenvalue weighted by Crippen LogP contribution is -2.12. The van der Waals surface area contributed by atoms with E-state index >= 15 is 0 Å². The van der Waals surface area contributed by atoms with Crippen molar-refractivity contribution in [1.29, 1.82) is 0 Å². The van der Waals surface area contributed by atoms with Gasteiger partial charge >= 0.3 is 0 Å². The first-order chi connectivity index (χ1) is 8.95. The van der Waals surface area contributed by atoms with Gasteiger partial charge in [0.2, 0.25) is 0 Å². The van der Waals surface area contributed by atoms with Crippen LogP contribution < -0.4 is 5.32 Å². The average Bonchev–Trinajstić information content (AvgIpc) is 2.32. The molecule has 2 rings (SSSR count). The van der Waals surface area contributed by atoms with Gasteiger partial charge in [-0.05, 0) is 65.4 Å². The molecule has 2 nitrogen and oxygen atoms in total. The predicted octanol–water partition coefficient (Wildman–Crippen LogP) is 5.38. The molecule has 0 fully saturated rings. The fourth-order valence-corrected chi connectivity index (χ4v) is 3.37. The van der Waals surface area contributed by atoms with E-state index in [1.54, 1.807) is 12.1 Å². The van der Waals surface area contributed by atoms with E-state index in [0.29, 0.717) is 5.56 Å². The highest BCUT2D eigenvalue weighted by atomic mass is 127. The molecular weight excluding hydrogens is 485 g/mol. The Kier molecular flexibility index (Phi) is 5.03. The number of amides is 1. The van der Waals surface area contributed by atoms with Crippen molar-refractivity contribution in [2.75, 3.05) is 5.32 Å². The summed E-state index contributed by atoms with van der Waals surface area (Å²) >= 11 is 9.01. The Morgan fingerprint density at radius 3 is 2.32 bits per heavy atom. The zero-order valence-corrected chi connectivity index (χ0v) is 15.3. The molecule has 0 saturated heterocycles. The highest BCUT2D eigenvalue weighted by molar-refractivity contribution is 14.1. The topological polar surface area (TPSA) is 29.1 Å². The number of aryl methyl sites for hydroxylation is 1. The molecule has 5 heteroatoms. The van der Waals surface area contributed by atoms with Crippen molar-refractivity contribution in [2.24, 2.45) is 0 Å². The molecule has 0 aromatic heterocycles. The van der Waals surface area contributed by atoms with Gasteiger partial charge in [0.1, 0.15) is 0 Å². The lowest BCUT2D eigenvalue weighted by molar-refractivity contribution is 0.102. The van der Waals surface area contributed by atoms with Gasteiger partial charge in [0.05, 0.1) is 0 Å². The van der Waals surface area contributed by atoms with Crippen LogP contribution in [-0.4, -0.2) is 5.91 Å². The number of halogens is 3. The third-order valence-electron chi connectivity index (χ3n) is 2.55. The van der Waals surface area contributed by atoms with E-state index in [2.05, 4.69) is 59.8 Å². The molecule has 98 valence electrons. The monoisotopic (exact) mass is 493 g/mol. The van der Waals surface area contributed by atoms with E-state index in [-0.39, 0.29) is 5.91 Å². The summed E-state index contributed by atoms with van der Waals surface area (Å²) in [6.45, 7) is 2.04. The molecule has 0 atom stereocenters. The summed E-state index contributed by atoms with van der Waals surface area (Å²) in [4.78, 5) is 12.2. The molecule has 0 aliphatic carbocycles. The molecule has 0 bridgehead atoms. The van der Waals surface area contributed by atoms with Crippen LogP contribution in [0.5, 0.6) is 0 Å². The minimum absolute atomic E-state index is 0.123. The van der Waals surface area contributed by atoms with Crippen molar-refractivity contribution < 1.29 is 4.79 Å². The first-order valence-electron chi connectivity index (χ1n) is 5.49. The van der Waals surface area contributed by atoms with Crippen molar-refractivity contribution in [3.63, 3.8) is 0 Å². The SMILES string of the molecule is Cc1ccc(NC(=O)c2cc(Br)cc(Br)c2)cc1I. The lowest BCUT2D eigenvalue weighted by Gasteiger charge is -2.08. The van der Waals surface area contributed by atoms with E-state index in [4.69, 9.17) is 0 Å². The van der Waals surface area contributed by atoms with Gasteiger partial charge in [-0.3, -0.25) is 4.79 Å². The van der Waals surface area contributed by atoms with E-state index in [1.807, 2.05) is 31.2 Å². The molecule has 2 aromatic carbocycles. The van der Waals surface area contributed by atoms with Crippen LogP contribution in [0.1, 0.15) is 15.9 Å². The Morgan fingerprint density at radius 1 is 1.11 bits per heavy atom. The zero-order chi connectivity index (χ0) is 14.0. The zero-order valence-electron chi connectivity index (χ0n) is 10.0. The van der Waals surface area contributed by atoms with Crippen molar-refractivity contribution in [1.82, 2.24) is 0 Å². The van der Waals surface area contributed by atoms with Crippen LogP contribution in [-0.2, 0) is 0 Å². The van der Waals surface area contributed by atoms with Crippen LogP contribution in [0.2, 0.25) is 0 Å². The normalized spacial score (nSPS) is 10.3. The third-order valence-corrected chi connectivity index (χ3v) is 4.63. The maximum atomic E-state index is 12.2. The number of benzene rings is 2. The Hall–Kier alpha value is -0.400. The van der Waals surface area contributed by atoms with Gasteiger partial charge in [-0.25, -0.2) is 0 Å². The standard InChI is InChI=1S/C14H10Br2INO/c1-8-2-3-12(7-13(8)17)18-14(19)9-4-10(15)6-11(16)5-9/h2-7H,1H3,(H,18,19). The Morgan fingerprint density at radius 2 is 1.74 bits per heavy atom. The highest BCUT2D eigenvalue weighted by Gasteiger charge is 2.08. The number of rotatable bonds is 2. The summed E-state index contributed by atoms with van der Waals surface area (Å²) in [6.07, 6.45) is 0. The van der Waals surface area contributed by atoms with Gasteiger partial charge in [-0.2, -0.15) is 0 Å². The maximum absolute atomic E-state index is 12.2. The Labute approximate surface area is 142 Å². The molecule has 2 aromatic rings. The molecule has 0 heterocycles. The molecule has 1 N–H and O–H groups in total. The van der Waals surface area contributed by atoms with Gasteiger partial charge in [0, 0.05) is 23.8 Å². The smallest absolute Gasteiger partial charge is 0.255 e. The van der Waals surface area contributed by atoms with Crippen molar-refractivity contribution in [3.05, 3.63) is 60.0 Å². The number of hydrogen-bond donors (Lipinski definition) is 1. The first-order valence-corrected chi connectivity index (χ1v) is 8.16. The summed E-state index contributed by atoms with van der Waals surface area (Å²) < 4.78 is 2.86. The van der Waals surface area contributed by atoms with Gasteiger partial charge < -0.3 is 5.32 Å². The molecule has 19 heavy (non-hydrogen) atoms. The molecule has 0 aliphatic heterocycles. The van der Waals surface area contributed by atoms with Crippen LogP contribution >= 0.6 is 54.5 Å². The fraction of sp³-hybridized carbons (Fsp3) is 0.0714. The summed E-state index contributed by atoms with van der Waals surface area (Å²) in [6, 6.07) is 11.3. The van der Waals surface area contributed by atoms with Crippen molar-refractivity contribution in [2.45, 2.75) is 6.92 Å². The van der Waals surface area contributed by atoms with Gasteiger partial charge in [0.15, 0.2) is 0 Å². The fourth-order valence-electron chi connectivity index (χ4n) is 1.56. The number of carbonyl (C=O) groups excluding carboxylic acids is 1. The van der Waals surface area contributed by atoms with Crippen LogP contribution in [0.25, 0.3) is 0 Å². The van der Waals surface area contributed by atoms with Crippen LogP contribution in [0.3, 0.4) is 0 Å². The van der Waals surface area contributed by atoms with Crippen molar-refractivity contribution in [3.8, 4) is 0 Å². The third kappa shape index (κ3) is 4.03. The van der Waals surface area contributed by atoms with E-state index in [0.717, 1.165) is 18.2 Å². The molecule has 0 saturated carbocycles. The molecule has 0 unspecified atom stereocenters. The number of nitrogens with one attached hydrogen (secondary N) is 1. The minimum atomic E-state index is -0.123. The number of carbonyl (C=O) groups is 1. The maximum Gasteiger partial charge on any atom is 0.255 e. The second-order valence-electron chi connectivity index (χ2n) is 4.08. The van der Waals surface area contributed by atoms with Gasteiger partial charge in [-0.1, -0.05) is 37.9 Å². The van der Waals surface area contributed by atoms with Gasteiger partial charge in [-0.15, -0.1) is 0 Å². The quantitative estimate of drug-likeness (QED) is 0.558. The van der Waals surface area contributed by atoms with E-state index < -0.39 is 0 Å². The second kappa shape index (κ2) is 6.37. The average molecular weight is 495 g/mol. The molecule has 0 aliphatic rings. The predicted molar refractivity (Wildman–Crippen MR) is 93.7 cm³/mol. The number of anilines is 1. The Bertz CT molecular complexity index is 623. The van der Waals surface area contributed by atoms with Crippen LogP contribution in [0.15, 0.2) is 45.3 Å². The summed E-state index contributed by atoms with van der Waals surface area (Å²) in [7, 11) is 0. The van der Waals surface area contributed by atoms with Crippen molar-refractivity contribution >= 4 is 66.0 Å². The van der Waals surface area contributed by atoms with E-state index in [1.165, 1.54) is 5.56 Å². The van der Waals surface area contributed by atoms with E-state index in [9.17, 15) is 4.79 Å². The summed E-state index contributed by atoms with van der Waals surface area (Å²) in [5, 5.41) is 2.90. The minimum Gasteiger partial charge on any atom is -0.322 e. The first kappa shape index (κ1) is 15.0. The summed E-state index contributed by atoms with van der Waals surface area (Å²) in [5.74, 6) is -0.123. The molecule has 0 radical (unpaired) electrons. The molecule has 0 spiro atoms. The van der Waals surface area contributed by atoms with Gasteiger partial charge in [0.25, 0.3) is 5.91 Å². The summed E-state index contributed by atoms with van der Waals surface area (Å²) in [5.41, 5.74) is 2.61. The second-order valence-corrected chi connectivity index (χ2v) is 7.07. The lowest BCUT2D eigenvalue weighted by atomic mass is 10.2. The molecule has 1 amide bonds. The van der Waals surface area contributed by atoms with Crippen LogP contribution in [0.4, 0.5) is 5.69 Å². The highest BCUT2D eigenvalue weighted by Crippen LogP contribution is 2.22. The number of hydrogen-bond acceptors (Lipinski definition) is 1. The molecular formula is C14H10Br2INO.